The van der Waals surface area contributed by atoms with Crippen molar-refractivity contribution >= 4 is 17.4 Å². The molecule has 106 valence electrons. The highest BCUT2D eigenvalue weighted by Gasteiger charge is 2.19. The van der Waals surface area contributed by atoms with Crippen LogP contribution in [0.3, 0.4) is 0 Å². The SMILES string of the molecule is C[C@H](O)c1ccc(Sc2n[nH]c(=O)n2C)c([N+](=O)[O-])c1. The Morgan fingerprint density at radius 2 is 2.25 bits per heavy atom. The maximum atomic E-state index is 11.3. The van der Waals surface area contributed by atoms with Gasteiger partial charge in [-0.15, -0.1) is 5.10 Å². The number of nitrogens with zero attached hydrogens (tertiary/aromatic N) is 3. The molecule has 0 amide bonds. The lowest BCUT2D eigenvalue weighted by Gasteiger charge is -2.07. The van der Waals surface area contributed by atoms with Gasteiger partial charge >= 0.3 is 5.69 Å². The van der Waals surface area contributed by atoms with E-state index < -0.39 is 16.7 Å². The molecule has 1 heterocycles. The summed E-state index contributed by atoms with van der Waals surface area (Å²) in [7, 11) is 1.52. The van der Waals surface area contributed by atoms with Gasteiger partial charge in [-0.2, -0.15) is 0 Å². The highest BCUT2D eigenvalue weighted by molar-refractivity contribution is 7.99. The first-order valence-corrected chi connectivity index (χ1v) is 6.47. The molecule has 1 atom stereocenters. The van der Waals surface area contributed by atoms with Crippen molar-refractivity contribution in [3.63, 3.8) is 0 Å². The van der Waals surface area contributed by atoms with Gasteiger partial charge in [-0.05, 0) is 30.3 Å². The zero-order chi connectivity index (χ0) is 14.9. The molecular formula is C11H12N4O4S. The molecule has 0 bridgehead atoms. The van der Waals surface area contributed by atoms with Gasteiger partial charge in [0.15, 0.2) is 5.16 Å². The minimum atomic E-state index is -0.789. The van der Waals surface area contributed by atoms with Gasteiger partial charge in [-0.3, -0.25) is 14.7 Å². The van der Waals surface area contributed by atoms with Gasteiger partial charge in [0, 0.05) is 13.1 Å². The minimum absolute atomic E-state index is 0.135. The number of nitro benzene ring substituents is 1. The van der Waals surface area contributed by atoms with Crippen molar-refractivity contribution in [1.29, 1.82) is 0 Å². The average molecular weight is 296 g/mol. The van der Waals surface area contributed by atoms with Crippen LogP contribution in [0.2, 0.25) is 0 Å². The van der Waals surface area contributed by atoms with E-state index in [4.69, 9.17) is 0 Å². The van der Waals surface area contributed by atoms with Crippen LogP contribution < -0.4 is 5.69 Å². The highest BCUT2D eigenvalue weighted by atomic mass is 32.2. The molecule has 9 heteroatoms. The molecule has 0 aliphatic heterocycles. The second-order valence-corrected chi connectivity index (χ2v) is 5.14. The van der Waals surface area contributed by atoms with Crippen LogP contribution in [-0.4, -0.2) is 24.8 Å². The number of nitrogens with one attached hydrogen (secondary N) is 1. The maximum absolute atomic E-state index is 11.3. The van der Waals surface area contributed by atoms with E-state index in [1.54, 1.807) is 6.07 Å². The van der Waals surface area contributed by atoms with E-state index in [0.717, 1.165) is 11.8 Å². The summed E-state index contributed by atoms with van der Waals surface area (Å²) in [6.07, 6.45) is -0.789. The molecule has 0 radical (unpaired) electrons. The zero-order valence-electron chi connectivity index (χ0n) is 10.7. The Morgan fingerprint density at radius 3 is 2.75 bits per heavy atom. The van der Waals surface area contributed by atoms with Gasteiger partial charge in [0.25, 0.3) is 5.69 Å². The number of aromatic nitrogens is 3. The Labute approximate surface area is 117 Å². The molecule has 1 aromatic carbocycles. The van der Waals surface area contributed by atoms with Gasteiger partial charge in [-0.1, -0.05) is 6.07 Å². The van der Waals surface area contributed by atoms with E-state index in [1.807, 2.05) is 0 Å². The first kappa shape index (κ1) is 14.3. The van der Waals surface area contributed by atoms with E-state index in [-0.39, 0.29) is 5.69 Å². The van der Waals surface area contributed by atoms with Crippen LogP contribution >= 0.6 is 11.8 Å². The molecule has 2 aromatic rings. The number of benzene rings is 1. The third-order valence-electron chi connectivity index (χ3n) is 2.70. The lowest BCUT2D eigenvalue weighted by Crippen LogP contribution is -2.12. The number of aliphatic hydroxyl groups is 1. The van der Waals surface area contributed by atoms with Crippen LogP contribution in [0.5, 0.6) is 0 Å². The molecule has 0 aliphatic rings. The number of hydrogen-bond acceptors (Lipinski definition) is 6. The molecule has 20 heavy (non-hydrogen) atoms. The first-order valence-electron chi connectivity index (χ1n) is 5.66. The van der Waals surface area contributed by atoms with Crippen LogP contribution in [0.4, 0.5) is 5.69 Å². The third kappa shape index (κ3) is 2.73. The largest absolute Gasteiger partial charge is 0.389 e. The molecule has 0 aliphatic carbocycles. The fourth-order valence-electron chi connectivity index (χ4n) is 1.55. The van der Waals surface area contributed by atoms with Crippen molar-refractivity contribution in [2.75, 3.05) is 0 Å². The van der Waals surface area contributed by atoms with E-state index in [0.29, 0.717) is 15.6 Å². The molecule has 0 saturated heterocycles. The maximum Gasteiger partial charge on any atom is 0.343 e. The molecule has 2 N–H and O–H groups in total. The molecule has 0 saturated carbocycles. The molecule has 8 nitrogen and oxygen atoms in total. The van der Waals surface area contributed by atoms with E-state index >= 15 is 0 Å². The number of aliphatic hydroxyl groups excluding tert-OH is 1. The van der Waals surface area contributed by atoms with Crippen molar-refractivity contribution < 1.29 is 10.0 Å². The van der Waals surface area contributed by atoms with Crippen molar-refractivity contribution in [2.24, 2.45) is 7.05 Å². The minimum Gasteiger partial charge on any atom is -0.389 e. The van der Waals surface area contributed by atoms with E-state index in [9.17, 15) is 20.0 Å². The highest BCUT2D eigenvalue weighted by Crippen LogP contribution is 2.34. The Kier molecular flexibility index (Phi) is 3.91. The second-order valence-electron chi connectivity index (χ2n) is 4.13. The zero-order valence-corrected chi connectivity index (χ0v) is 11.5. The predicted octanol–water partition coefficient (Wildman–Crippen LogP) is 1.22. The Hall–Kier alpha value is -2.13. The standard InChI is InChI=1S/C11H12N4O4S/c1-6(16)7-3-4-9(8(5-7)15(18)19)20-11-13-12-10(17)14(11)2/h3-6,16H,1-2H3,(H,12,17)/t6-/m0/s1. The predicted molar refractivity (Wildman–Crippen MR) is 71.7 cm³/mol. The van der Waals surface area contributed by atoms with Crippen LogP contribution in [-0.2, 0) is 7.05 Å². The summed E-state index contributed by atoms with van der Waals surface area (Å²) in [6, 6.07) is 4.45. The molecule has 0 fully saturated rings. The van der Waals surface area contributed by atoms with Crippen molar-refractivity contribution in [3.8, 4) is 0 Å². The molecule has 0 spiro atoms. The Bertz CT molecular complexity index is 707. The summed E-state index contributed by atoms with van der Waals surface area (Å²) in [5.41, 5.74) is -0.0726. The van der Waals surface area contributed by atoms with E-state index in [2.05, 4.69) is 10.2 Å². The van der Waals surface area contributed by atoms with Crippen molar-refractivity contribution in [3.05, 3.63) is 44.4 Å². The Balaban J connectivity index is 2.43. The van der Waals surface area contributed by atoms with Crippen molar-refractivity contribution in [1.82, 2.24) is 14.8 Å². The molecule has 0 unspecified atom stereocenters. The number of hydrogen-bond donors (Lipinski definition) is 2. The second kappa shape index (κ2) is 5.47. The van der Waals surface area contributed by atoms with Gasteiger partial charge in [0.1, 0.15) is 0 Å². The Morgan fingerprint density at radius 1 is 1.55 bits per heavy atom. The topological polar surface area (TPSA) is 114 Å². The van der Waals surface area contributed by atoms with Crippen LogP contribution in [0.25, 0.3) is 0 Å². The van der Waals surface area contributed by atoms with E-state index in [1.165, 1.54) is 30.7 Å². The first-order chi connectivity index (χ1) is 9.40. The van der Waals surface area contributed by atoms with Crippen LogP contribution in [0.15, 0.2) is 33.0 Å². The van der Waals surface area contributed by atoms with Gasteiger partial charge in [0.05, 0.1) is 15.9 Å². The van der Waals surface area contributed by atoms with Gasteiger partial charge in [0.2, 0.25) is 0 Å². The summed E-state index contributed by atoms with van der Waals surface area (Å²) < 4.78 is 1.26. The fraction of sp³-hybridized carbons (Fsp3) is 0.273. The fourth-order valence-corrected chi connectivity index (χ4v) is 2.43. The normalized spacial score (nSPS) is 12.3. The number of rotatable bonds is 4. The summed E-state index contributed by atoms with van der Waals surface area (Å²) >= 11 is 1.01. The van der Waals surface area contributed by atoms with Crippen LogP contribution in [0, 0.1) is 10.1 Å². The molecule has 1 aromatic heterocycles. The molecular weight excluding hydrogens is 284 g/mol. The number of aromatic amines is 1. The lowest BCUT2D eigenvalue weighted by atomic mass is 10.1. The quantitative estimate of drug-likeness (QED) is 0.647. The average Bonchev–Trinajstić information content (AvgIpc) is 2.70. The summed E-state index contributed by atoms with van der Waals surface area (Å²) in [6.45, 7) is 1.53. The van der Waals surface area contributed by atoms with Crippen molar-refractivity contribution in [2.45, 2.75) is 23.1 Å². The number of nitro groups is 1. The summed E-state index contributed by atoms with van der Waals surface area (Å²) in [4.78, 5) is 22.2. The molecule has 2 rings (SSSR count). The smallest absolute Gasteiger partial charge is 0.343 e. The van der Waals surface area contributed by atoms with Gasteiger partial charge < -0.3 is 5.11 Å². The van der Waals surface area contributed by atoms with Crippen LogP contribution in [0.1, 0.15) is 18.6 Å². The number of H-pyrrole nitrogens is 1. The summed E-state index contributed by atoms with van der Waals surface area (Å²) in [5, 5.41) is 26.9. The lowest BCUT2D eigenvalue weighted by molar-refractivity contribution is -0.387. The third-order valence-corrected chi connectivity index (χ3v) is 3.81. The monoisotopic (exact) mass is 296 g/mol. The van der Waals surface area contributed by atoms with Gasteiger partial charge in [-0.25, -0.2) is 9.89 Å². The summed E-state index contributed by atoms with van der Waals surface area (Å²) in [5.74, 6) is 0.